The minimum absolute atomic E-state index is 0.000257. The Balaban J connectivity index is 2.13. The lowest BCUT2D eigenvalue weighted by molar-refractivity contribution is 0.0696. The van der Waals surface area contributed by atoms with Crippen molar-refractivity contribution in [1.29, 1.82) is 0 Å². The van der Waals surface area contributed by atoms with Gasteiger partial charge in [0.15, 0.2) is 0 Å². The van der Waals surface area contributed by atoms with Gasteiger partial charge in [0.2, 0.25) is 0 Å². The van der Waals surface area contributed by atoms with Gasteiger partial charge in [-0.15, -0.1) is 0 Å². The number of carbonyl (C=O) groups is 1. The minimum Gasteiger partial charge on any atom is -0.478 e. The molecule has 0 amide bonds. The average molecular weight is 279 g/mol. The maximum atomic E-state index is 14.0. The number of halogens is 1. The van der Waals surface area contributed by atoms with Crippen molar-refractivity contribution in [3.05, 3.63) is 29.6 Å². The number of nitrogens with zero attached hydrogens (tertiary/aromatic N) is 1. The van der Waals surface area contributed by atoms with Crippen LogP contribution in [0.1, 0.15) is 49.9 Å². The van der Waals surface area contributed by atoms with Gasteiger partial charge in [-0.05, 0) is 36.5 Å². The molecule has 1 fully saturated rings. The van der Waals surface area contributed by atoms with Gasteiger partial charge in [0.25, 0.3) is 0 Å². The van der Waals surface area contributed by atoms with E-state index in [-0.39, 0.29) is 5.56 Å². The van der Waals surface area contributed by atoms with Crippen LogP contribution in [0.2, 0.25) is 0 Å². The van der Waals surface area contributed by atoms with Crippen LogP contribution in [-0.4, -0.2) is 24.2 Å². The highest BCUT2D eigenvalue weighted by Gasteiger charge is 2.31. The van der Waals surface area contributed by atoms with Crippen molar-refractivity contribution in [3.8, 4) is 0 Å². The zero-order chi connectivity index (χ0) is 14.8. The molecule has 1 saturated heterocycles. The number of hydrogen-bond acceptors (Lipinski definition) is 2. The molecule has 3 nitrogen and oxygen atoms in total. The van der Waals surface area contributed by atoms with Gasteiger partial charge < -0.3 is 10.0 Å². The van der Waals surface area contributed by atoms with Crippen molar-refractivity contribution in [2.45, 2.75) is 39.5 Å². The maximum Gasteiger partial charge on any atom is 0.335 e. The third-order valence-electron chi connectivity index (χ3n) is 4.86. The summed E-state index contributed by atoms with van der Waals surface area (Å²) in [4.78, 5) is 12.9. The highest BCUT2D eigenvalue weighted by Crippen LogP contribution is 2.39. The Kier molecular flexibility index (Phi) is 4.31. The molecule has 1 N–H and O–H groups in total. The molecule has 1 heterocycles. The van der Waals surface area contributed by atoms with Crippen LogP contribution in [0.25, 0.3) is 0 Å². The third-order valence-corrected chi connectivity index (χ3v) is 4.86. The molecule has 0 unspecified atom stereocenters. The SMILES string of the molecule is CCC1(CC)CCN(c2ccc(C(=O)O)cc2F)CC1. The van der Waals surface area contributed by atoms with Crippen LogP contribution in [0, 0.1) is 11.2 Å². The molecular weight excluding hydrogens is 257 g/mol. The van der Waals surface area contributed by atoms with E-state index in [1.807, 2.05) is 4.90 Å². The molecule has 1 aliphatic rings. The highest BCUT2D eigenvalue weighted by atomic mass is 19.1. The summed E-state index contributed by atoms with van der Waals surface area (Å²) in [7, 11) is 0. The van der Waals surface area contributed by atoms with Crippen LogP contribution in [0.15, 0.2) is 18.2 Å². The first-order valence-corrected chi connectivity index (χ1v) is 7.29. The summed E-state index contributed by atoms with van der Waals surface area (Å²) in [5, 5.41) is 8.86. The monoisotopic (exact) mass is 279 g/mol. The summed E-state index contributed by atoms with van der Waals surface area (Å²) in [5.41, 5.74) is 0.920. The molecule has 1 aromatic rings. The molecular formula is C16H22FNO2. The predicted molar refractivity (Wildman–Crippen MR) is 77.8 cm³/mol. The summed E-state index contributed by atoms with van der Waals surface area (Å²) < 4.78 is 14.0. The molecule has 110 valence electrons. The molecule has 0 radical (unpaired) electrons. The second kappa shape index (κ2) is 5.81. The van der Waals surface area contributed by atoms with Crippen LogP contribution in [0.4, 0.5) is 10.1 Å². The van der Waals surface area contributed by atoms with Crippen molar-refractivity contribution < 1.29 is 14.3 Å². The van der Waals surface area contributed by atoms with Gasteiger partial charge in [0.05, 0.1) is 11.3 Å². The average Bonchev–Trinajstić information content (AvgIpc) is 2.47. The Hall–Kier alpha value is -1.58. The van der Waals surface area contributed by atoms with Crippen LogP contribution < -0.4 is 4.90 Å². The Labute approximate surface area is 119 Å². The lowest BCUT2D eigenvalue weighted by atomic mass is 9.74. The van der Waals surface area contributed by atoms with E-state index in [0.29, 0.717) is 11.1 Å². The molecule has 1 aromatic carbocycles. The number of hydrogen-bond donors (Lipinski definition) is 1. The summed E-state index contributed by atoms with van der Waals surface area (Å²) in [6.45, 7) is 6.12. The Bertz CT molecular complexity index is 487. The van der Waals surface area contributed by atoms with Crippen molar-refractivity contribution in [2.75, 3.05) is 18.0 Å². The summed E-state index contributed by atoms with van der Waals surface area (Å²) in [5.74, 6) is -1.53. The number of rotatable bonds is 4. The van der Waals surface area contributed by atoms with Crippen LogP contribution in [-0.2, 0) is 0 Å². The van der Waals surface area contributed by atoms with Crippen LogP contribution in [0.3, 0.4) is 0 Å². The lowest BCUT2D eigenvalue weighted by Gasteiger charge is -2.42. The van der Waals surface area contributed by atoms with E-state index < -0.39 is 11.8 Å². The number of anilines is 1. The molecule has 0 atom stereocenters. The van der Waals surface area contributed by atoms with Crippen molar-refractivity contribution >= 4 is 11.7 Å². The molecule has 0 spiro atoms. The molecule has 20 heavy (non-hydrogen) atoms. The highest BCUT2D eigenvalue weighted by molar-refractivity contribution is 5.88. The van der Waals surface area contributed by atoms with Gasteiger partial charge >= 0.3 is 5.97 Å². The van der Waals surface area contributed by atoms with Crippen molar-refractivity contribution in [3.63, 3.8) is 0 Å². The third kappa shape index (κ3) is 2.79. The topological polar surface area (TPSA) is 40.5 Å². The van der Waals surface area contributed by atoms with Gasteiger partial charge in [-0.1, -0.05) is 26.7 Å². The number of carboxylic acids is 1. The van der Waals surface area contributed by atoms with Gasteiger partial charge in [-0.3, -0.25) is 0 Å². The molecule has 4 heteroatoms. The molecule has 0 saturated carbocycles. The second-order valence-corrected chi connectivity index (χ2v) is 5.67. The number of carboxylic acid groups (broad SMARTS) is 1. The first-order chi connectivity index (χ1) is 9.51. The second-order valence-electron chi connectivity index (χ2n) is 5.67. The zero-order valence-electron chi connectivity index (χ0n) is 12.2. The summed E-state index contributed by atoms with van der Waals surface area (Å²) in [6.07, 6.45) is 4.47. The summed E-state index contributed by atoms with van der Waals surface area (Å²) >= 11 is 0. The number of benzene rings is 1. The van der Waals surface area contributed by atoms with E-state index in [1.54, 1.807) is 6.07 Å². The van der Waals surface area contributed by atoms with E-state index in [1.165, 1.54) is 6.07 Å². The fourth-order valence-electron chi connectivity index (χ4n) is 3.08. The Morgan fingerprint density at radius 1 is 1.30 bits per heavy atom. The lowest BCUT2D eigenvalue weighted by Crippen LogP contribution is -2.40. The minimum atomic E-state index is -1.09. The quantitative estimate of drug-likeness (QED) is 0.907. The van der Waals surface area contributed by atoms with Gasteiger partial charge in [-0.2, -0.15) is 0 Å². The predicted octanol–water partition coefficient (Wildman–Crippen LogP) is 3.93. The molecule has 1 aliphatic heterocycles. The summed E-state index contributed by atoms with van der Waals surface area (Å²) in [6, 6.07) is 4.17. The number of piperidine rings is 1. The fourth-order valence-corrected chi connectivity index (χ4v) is 3.08. The van der Waals surface area contributed by atoms with E-state index in [0.717, 1.165) is 44.8 Å². The van der Waals surface area contributed by atoms with Crippen LogP contribution in [0.5, 0.6) is 0 Å². The zero-order valence-corrected chi connectivity index (χ0v) is 12.2. The van der Waals surface area contributed by atoms with Gasteiger partial charge in [-0.25, -0.2) is 9.18 Å². The van der Waals surface area contributed by atoms with E-state index in [4.69, 9.17) is 5.11 Å². The molecule has 0 aliphatic carbocycles. The van der Waals surface area contributed by atoms with Crippen molar-refractivity contribution in [2.24, 2.45) is 5.41 Å². The van der Waals surface area contributed by atoms with Crippen molar-refractivity contribution in [1.82, 2.24) is 0 Å². The first-order valence-electron chi connectivity index (χ1n) is 7.29. The van der Waals surface area contributed by atoms with Gasteiger partial charge in [0, 0.05) is 13.1 Å². The smallest absolute Gasteiger partial charge is 0.335 e. The Morgan fingerprint density at radius 2 is 1.90 bits per heavy atom. The first kappa shape index (κ1) is 14.8. The molecule has 0 aromatic heterocycles. The van der Waals surface area contributed by atoms with E-state index in [2.05, 4.69) is 13.8 Å². The largest absolute Gasteiger partial charge is 0.478 e. The molecule has 0 bridgehead atoms. The van der Waals surface area contributed by atoms with Gasteiger partial charge in [0.1, 0.15) is 5.82 Å². The molecule has 2 rings (SSSR count). The van der Waals surface area contributed by atoms with Crippen LogP contribution >= 0.6 is 0 Å². The van der Waals surface area contributed by atoms with E-state index >= 15 is 0 Å². The number of aromatic carboxylic acids is 1. The normalized spacial score (nSPS) is 18.1. The maximum absolute atomic E-state index is 14.0. The fraction of sp³-hybridized carbons (Fsp3) is 0.562. The van der Waals surface area contributed by atoms with E-state index in [9.17, 15) is 9.18 Å². The Morgan fingerprint density at radius 3 is 2.35 bits per heavy atom. The standard InChI is InChI=1S/C16H22FNO2/c1-3-16(4-2)7-9-18(10-8-16)14-6-5-12(15(19)20)11-13(14)17/h5-6,11H,3-4,7-10H2,1-2H3,(H,19,20).